The molecule has 2 aromatic rings. The van der Waals surface area contributed by atoms with Crippen LogP contribution in [0.15, 0.2) is 28.8 Å². The van der Waals surface area contributed by atoms with Gasteiger partial charge < -0.3 is 19.1 Å². The third-order valence-electron chi connectivity index (χ3n) is 6.19. The molecule has 2 aliphatic heterocycles. The second-order valence-electron chi connectivity index (χ2n) is 8.22. The summed E-state index contributed by atoms with van der Waals surface area (Å²) in [6.07, 6.45) is 3.70. The molecular weight excluding hydrogens is 382 g/mol. The fourth-order valence-electron chi connectivity index (χ4n) is 4.29. The number of nitrogens with zero attached hydrogens (tertiary/aromatic N) is 3. The molecule has 1 aromatic heterocycles. The Kier molecular flexibility index (Phi) is 6.06. The second kappa shape index (κ2) is 8.90. The number of rotatable bonds is 5. The lowest BCUT2D eigenvalue weighted by Gasteiger charge is -2.33. The molecule has 0 unspecified atom stereocenters. The van der Waals surface area contributed by atoms with Crippen LogP contribution in [0.1, 0.15) is 53.1 Å². The number of aromatic nitrogens is 1. The molecule has 2 aliphatic rings. The Hall–Kier alpha value is -2.83. The van der Waals surface area contributed by atoms with Crippen LogP contribution in [0.25, 0.3) is 0 Å². The summed E-state index contributed by atoms with van der Waals surface area (Å²) >= 11 is 0. The van der Waals surface area contributed by atoms with Gasteiger partial charge in [-0.05, 0) is 57.7 Å². The minimum atomic E-state index is -0.00939. The van der Waals surface area contributed by atoms with Gasteiger partial charge in [0.05, 0.1) is 11.3 Å². The number of benzene rings is 1. The third kappa shape index (κ3) is 4.35. The number of carbonyl (C=O) groups excluding carboxylic acids is 2. The molecule has 0 aliphatic carbocycles. The van der Waals surface area contributed by atoms with Gasteiger partial charge in [-0.1, -0.05) is 11.2 Å². The molecule has 160 valence electrons. The number of carbonyl (C=O) groups is 2. The molecule has 0 N–H and O–H groups in total. The Bertz CT molecular complexity index is 889. The molecule has 2 saturated heterocycles. The second-order valence-corrected chi connectivity index (χ2v) is 8.22. The van der Waals surface area contributed by atoms with E-state index in [1.165, 1.54) is 0 Å². The van der Waals surface area contributed by atoms with E-state index in [0.717, 1.165) is 55.8 Å². The number of amides is 2. The molecule has 3 heterocycles. The Balaban J connectivity index is 1.33. The van der Waals surface area contributed by atoms with Crippen molar-refractivity contribution < 1.29 is 18.8 Å². The number of piperidine rings is 1. The first-order valence-electron chi connectivity index (χ1n) is 10.8. The maximum Gasteiger partial charge on any atom is 0.253 e. The van der Waals surface area contributed by atoms with Crippen LogP contribution in [0.4, 0.5) is 0 Å². The highest BCUT2D eigenvalue weighted by Crippen LogP contribution is 2.24. The van der Waals surface area contributed by atoms with E-state index < -0.39 is 0 Å². The van der Waals surface area contributed by atoms with Crippen molar-refractivity contribution in [1.82, 2.24) is 15.0 Å². The number of ether oxygens (including phenoxy) is 1. The fraction of sp³-hybridized carbons (Fsp3) is 0.522. The molecular formula is C23H29N3O4. The zero-order valence-corrected chi connectivity index (χ0v) is 17.7. The average molecular weight is 412 g/mol. The molecule has 0 atom stereocenters. The number of likely N-dealkylation sites (tertiary alicyclic amines) is 2. The number of aryl methyl sites for hydroxylation is 2. The van der Waals surface area contributed by atoms with Crippen LogP contribution in [0, 0.1) is 19.8 Å². The van der Waals surface area contributed by atoms with Crippen molar-refractivity contribution in [3.8, 4) is 5.75 Å². The van der Waals surface area contributed by atoms with Crippen LogP contribution in [-0.4, -0.2) is 52.9 Å². The Morgan fingerprint density at radius 1 is 1.10 bits per heavy atom. The summed E-state index contributed by atoms with van der Waals surface area (Å²) in [6, 6.07) is 7.27. The molecule has 30 heavy (non-hydrogen) atoms. The van der Waals surface area contributed by atoms with Crippen molar-refractivity contribution in [3.05, 3.63) is 46.8 Å². The Labute approximate surface area is 177 Å². The summed E-state index contributed by atoms with van der Waals surface area (Å²) in [5.74, 6) is 1.70. The van der Waals surface area contributed by atoms with Gasteiger partial charge in [-0.25, -0.2) is 0 Å². The van der Waals surface area contributed by atoms with E-state index in [9.17, 15) is 9.59 Å². The summed E-state index contributed by atoms with van der Waals surface area (Å²) in [5.41, 5.74) is 2.35. The summed E-state index contributed by atoms with van der Waals surface area (Å²) in [6.45, 7) is 7.10. The van der Waals surface area contributed by atoms with E-state index in [1.807, 2.05) is 41.8 Å². The van der Waals surface area contributed by atoms with Crippen LogP contribution in [-0.2, 0) is 11.4 Å². The van der Waals surface area contributed by atoms with Gasteiger partial charge in [0.25, 0.3) is 5.91 Å². The zero-order chi connectivity index (χ0) is 21.1. The molecule has 1 aromatic carbocycles. The number of hydrogen-bond donors (Lipinski definition) is 0. The number of hydrogen-bond acceptors (Lipinski definition) is 5. The van der Waals surface area contributed by atoms with Gasteiger partial charge >= 0.3 is 0 Å². The minimum absolute atomic E-state index is 0.00939. The maximum atomic E-state index is 13.0. The highest BCUT2D eigenvalue weighted by Gasteiger charge is 2.31. The predicted molar refractivity (Wildman–Crippen MR) is 111 cm³/mol. The lowest BCUT2D eigenvalue weighted by molar-refractivity contribution is -0.135. The van der Waals surface area contributed by atoms with Crippen molar-refractivity contribution in [1.29, 1.82) is 0 Å². The quantitative estimate of drug-likeness (QED) is 0.754. The summed E-state index contributed by atoms with van der Waals surface area (Å²) in [4.78, 5) is 29.4. The summed E-state index contributed by atoms with van der Waals surface area (Å²) in [7, 11) is 0. The van der Waals surface area contributed by atoms with Crippen molar-refractivity contribution in [2.45, 2.75) is 46.1 Å². The lowest BCUT2D eigenvalue weighted by atomic mass is 9.95. The third-order valence-corrected chi connectivity index (χ3v) is 6.19. The van der Waals surface area contributed by atoms with Crippen molar-refractivity contribution in [2.24, 2.45) is 5.92 Å². The van der Waals surface area contributed by atoms with Gasteiger partial charge in [-0.15, -0.1) is 0 Å². The zero-order valence-electron chi connectivity index (χ0n) is 17.7. The van der Waals surface area contributed by atoms with Crippen LogP contribution in [0.5, 0.6) is 5.75 Å². The van der Waals surface area contributed by atoms with Gasteiger partial charge in [0, 0.05) is 37.7 Å². The molecule has 0 bridgehead atoms. The highest BCUT2D eigenvalue weighted by molar-refractivity contribution is 5.94. The molecule has 0 spiro atoms. The normalized spacial score (nSPS) is 17.4. The standard InChI is InChI=1S/C23H29N3O4/c1-16-21(17(2)30-24-16)15-29-20-7-5-6-19(14-20)23(28)26-12-8-18(9-13-26)22(27)25-10-3-4-11-25/h5-7,14,18H,3-4,8-13,15H2,1-2H3. The van der Waals surface area contributed by atoms with Crippen molar-refractivity contribution >= 4 is 11.8 Å². The van der Waals surface area contributed by atoms with E-state index in [1.54, 1.807) is 6.07 Å². The molecule has 2 fully saturated rings. The SMILES string of the molecule is Cc1noc(C)c1COc1cccc(C(=O)N2CCC(C(=O)N3CCCC3)CC2)c1. The first kappa shape index (κ1) is 20.4. The van der Waals surface area contributed by atoms with Crippen LogP contribution < -0.4 is 4.74 Å². The maximum absolute atomic E-state index is 13.0. The molecule has 7 heteroatoms. The average Bonchev–Trinajstić information content (AvgIpc) is 3.42. The van der Waals surface area contributed by atoms with Crippen molar-refractivity contribution in [2.75, 3.05) is 26.2 Å². The highest BCUT2D eigenvalue weighted by atomic mass is 16.5. The van der Waals surface area contributed by atoms with E-state index in [-0.39, 0.29) is 17.7 Å². The lowest BCUT2D eigenvalue weighted by Crippen LogP contribution is -2.43. The summed E-state index contributed by atoms with van der Waals surface area (Å²) in [5, 5.41) is 3.94. The molecule has 2 amide bonds. The van der Waals surface area contributed by atoms with Gasteiger partial charge in [0.1, 0.15) is 18.1 Å². The first-order valence-corrected chi connectivity index (χ1v) is 10.8. The molecule has 7 nitrogen and oxygen atoms in total. The van der Waals surface area contributed by atoms with Gasteiger partial charge in [0.15, 0.2) is 0 Å². The van der Waals surface area contributed by atoms with E-state index in [0.29, 0.717) is 31.0 Å². The predicted octanol–water partition coefficient (Wildman–Crippen LogP) is 3.35. The van der Waals surface area contributed by atoms with E-state index in [4.69, 9.17) is 9.26 Å². The fourth-order valence-corrected chi connectivity index (χ4v) is 4.29. The molecule has 4 rings (SSSR count). The van der Waals surface area contributed by atoms with Crippen molar-refractivity contribution in [3.63, 3.8) is 0 Å². The Morgan fingerprint density at radius 2 is 1.83 bits per heavy atom. The van der Waals surface area contributed by atoms with Gasteiger partial charge in [0.2, 0.25) is 5.91 Å². The van der Waals surface area contributed by atoms with Crippen LogP contribution in [0.2, 0.25) is 0 Å². The monoisotopic (exact) mass is 411 g/mol. The van der Waals surface area contributed by atoms with Gasteiger partial charge in [-0.2, -0.15) is 0 Å². The Morgan fingerprint density at radius 3 is 2.50 bits per heavy atom. The summed E-state index contributed by atoms with van der Waals surface area (Å²) < 4.78 is 11.0. The van der Waals surface area contributed by atoms with Gasteiger partial charge in [-0.3, -0.25) is 9.59 Å². The molecule has 0 radical (unpaired) electrons. The smallest absolute Gasteiger partial charge is 0.253 e. The van der Waals surface area contributed by atoms with E-state index >= 15 is 0 Å². The van der Waals surface area contributed by atoms with Crippen LogP contribution >= 0.6 is 0 Å². The van der Waals surface area contributed by atoms with Crippen LogP contribution in [0.3, 0.4) is 0 Å². The first-order chi connectivity index (χ1) is 14.5. The topological polar surface area (TPSA) is 75.9 Å². The largest absolute Gasteiger partial charge is 0.489 e. The van der Waals surface area contributed by atoms with E-state index in [2.05, 4.69) is 5.16 Å². The minimum Gasteiger partial charge on any atom is -0.489 e. The molecule has 0 saturated carbocycles.